The van der Waals surface area contributed by atoms with Gasteiger partial charge in [0.2, 0.25) is 0 Å². The first-order valence-corrected chi connectivity index (χ1v) is 10.9. The highest BCUT2D eigenvalue weighted by atomic mass is 16.5. The van der Waals surface area contributed by atoms with Gasteiger partial charge in [-0.2, -0.15) is 0 Å². The van der Waals surface area contributed by atoms with Crippen molar-refractivity contribution in [3.05, 3.63) is 89.5 Å². The number of carboxylic acids is 1. The SMILES string of the molecule is COc1cccc(C(=O)c2ccc(OCCCOc3ccc(C[C@H](OC)C(=O)O)cc3)cc2)c1. The average molecular weight is 465 g/mol. The molecule has 0 aliphatic carbocycles. The Bertz CT molecular complexity index is 1070. The van der Waals surface area contributed by atoms with Crippen molar-refractivity contribution in [2.45, 2.75) is 18.9 Å². The molecule has 7 heteroatoms. The zero-order valence-electron chi connectivity index (χ0n) is 19.2. The van der Waals surface area contributed by atoms with Crippen molar-refractivity contribution in [1.82, 2.24) is 0 Å². The number of carbonyl (C=O) groups excluding carboxylic acids is 1. The number of carboxylic acid groups (broad SMARTS) is 1. The van der Waals surface area contributed by atoms with E-state index in [1.165, 1.54) is 7.11 Å². The molecule has 3 aromatic rings. The summed E-state index contributed by atoms with van der Waals surface area (Å²) in [6.45, 7) is 0.941. The van der Waals surface area contributed by atoms with Crippen LogP contribution < -0.4 is 14.2 Å². The molecule has 0 aliphatic rings. The van der Waals surface area contributed by atoms with Gasteiger partial charge in [0.15, 0.2) is 11.9 Å². The Morgan fingerprint density at radius 3 is 1.97 bits per heavy atom. The fourth-order valence-electron chi connectivity index (χ4n) is 3.28. The minimum Gasteiger partial charge on any atom is -0.497 e. The maximum absolute atomic E-state index is 12.6. The summed E-state index contributed by atoms with van der Waals surface area (Å²) in [6.07, 6.45) is 0.110. The van der Waals surface area contributed by atoms with Crippen LogP contribution in [0.4, 0.5) is 0 Å². The summed E-state index contributed by atoms with van der Waals surface area (Å²) in [5, 5.41) is 9.06. The minimum absolute atomic E-state index is 0.0782. The lowest BCUT2D eigenvalue weighted by Crippen LogP contribution is -2.24. The third-order valence-corrected chi connectivity index (χ3v) is 5.18. The summed E-state index contributed by atoms with van der Waals surface area (Å²) in [5.74, 6) is 0.958. The highest BCUT2D eigenvalue weighted by Crippen LogP contribution is 2.19. The smallest absolute Gasteiger partial charge is 0.333 e. The first-order valence-electron chi connectivity index (χ1n) is 10.9. The summed E-state index contributed by atoms with van der Waals surface area (Å²) < 4.78 is 21.6. The molecule has 178 valence electrons. The molecule has 7 nitrogen and oxygen atoms in total. The number of rotatable bonds is 13. The number of methoxy groups -OCH3 is 2. The molecule has 3 rings (SSSR count). The molecule has 0 spiro atoms. The summed E-state index contributed by atoms with van der Waals surface area (Å²) in [5.41, 5.74) is 2.00. The Balaban J connectivity index is 1.40. The van der Waals surface area contributed by atoms with Crippen LogP contribution in [-0.2, 0) is 16.0 Å². The predicted octanol–water partition coefficient (Wildman–Crippen LogP) is 4.42. The Morgan fingerprint density at radius 1 is 0.794 bits per heavy atom. The van der Waals surface area contributed by atoms with Gasteiger partial charge >= 0.3 is 5.97 Å². The van der Waals surface area contributed by atoms with Crippen LogP contribution in [0.3, 0.4) is 0 Å². The maximum Gasteiger partial charge on any atom is 0.333 e. The van der Waals surface area contributed by atoms with Gasteiger partial charge in [-0.25, -0.2) is 4.79 Å². The van der Waals surface area contributed by atoms with Crippen molar-refractivity contribution in [2.24, 2.45) is 0 Å². The Morgan fingerprint density at radius 2 is 1.41 bits per heavy atom. The second-order valence-corrected chi connectivity index (χ2v) is 7.55. The molecule has 3 aromatic carbocycles. The average Bonchev–Trinajstić information content (AvgIpc) is 2.87. The fourth-order valence-corrected chi connectivity index (χ4v) is 3.28. The number of benzene rings is 3. The van der Waals surface area contributed by atoms with E-state index in [4.69, 9.17) is 24.1 Å². The fraction of sp³-hybridized carbons (Fsp3) is 0.259. The quantitative estimate of drug-likeness (QED) is 0.296. The van der Waals surface area contributed by atoms with Crippen molar-refractivity contribution in [3.63, 3.8) is 0 Å². The van der Waals surface area contributed by atoms with Crippen LogP contribution >= 0.6 is 0 Å². The highest BCUT2D eigenvalue weighted by molar-refractivity contribution is 6.09. The number of hydrogen-bond acceptors (Lipinski definition) is 6. The van der Waals surface area contributed by atoms with Gasteiger partial charge in [-0.1, -0.05) is 24.3 Å². The second kappa shape index (κ2) is 12.4. The van der Waals surface area contributed by atoms with Gasteiger partial charge in [0.1, 0.15) is 17.2 Å². The molecule has 0 aromatic heterocycles. The second-order valence-electron chi connectivity index (χ2n) is 7.55. The van der Waals surface area contributed by atoms with Crippen molar-refractivity contribution in [2.75, 3.05) is 27.4 Å². The van der Waals surface area contributed by atoms with Crippen molar-refractivity contribution in [3.8, 4) is 17.2 Å². The molecule has 0 heterocycles. The van der Waals surface area contributed by atoms with Gasteiger partial charge in [0.25, 0.3) is 0 Å². The molecule has 0 fully saturated rings. The summed E-state index contributed by atoms with van der Waals surface area (Å²) >= 11 is 0. The minimum atomic E-state index is -0.985. The van der Waals surface area contributed by atoms with E-state index in [0.717, 1.165) is 5.56 Å². The third kappa shape index (κ3) is 7.08. The molecule has 34 heavy (non-hydrogen) atoms. The lowest BCUT2D eigenvalue weighted by molar-refractivity contribution is -0.148. The molecule has 1 N–H and O–H groups in total. The van der Waals surface area contributed by atoms with Crippen LogP contribution in [0.2, 0.25) is 0 Å². The van der Waals surface area contributed by atoms with Crippen molar-refractivity contribution >= 4 is 11.8 Å². The number of hydrogen-bond donors (Lipinski definition) is 1. The Hall–Kier alpha value is -3.84. The molecule has 0 radical (unpaired) electrons. The van der Waals surface area contributed by atoms with E-state index < -0.39 is 12.1 Å². The zero-order valence-corrected chi connectivity index (χ0v) is 19.2. The van der Waals surface area contributed by atoms with Crippen LogP contribution in [0.25, 0.3) is 0 Å². The van der Waals surface area contributed by atoms with E-state index in [1.807, 2.05) is 24.3 Å². The number of carbonyl (C=O) groups is 2. The lowest BCUT2D eigenvalue weighted by Gasteiger charge is -2.11. The monoisotopic (exact) mass is 464 g/mol. The van der Waals surface area contributed by atoms with Crippen LogP contribution in [0.1, 0.15) is 27.9 Å². The van der Waals surface area contributed by atoms with Gasteiger partial charge in [-0.3, -0.25) is 4.79 Å². The molecule has 0 amide bonds. The van der Waals surface area contributed by atoms with Gasteiger partial charge in [-0.05, 0) is 54.1 Å². The van der Waals surface area contributed by atoms with Crippen molar-refractivity contribution < 1.29 is 33.6 Å². The number of aliphatic carboxylic acids is 1. The molecule has 0 unspecified atom stereocenters. The molecular weight excluding hydrogens is 436 g/mol. The highest BCUT2D eigenvalue weighted by Gasteiger charge is 2.16. The van der Waals surface area contributed by atoms with Crippen molar-refractivity contribution in [1.29, 1.82) is 0 Å². The molecule has 0 saturated carbocycles. The maximum atomic E-state index is 12.6. The van der Waals surface area contributed by atoms with Crippen LogP contribution in [0, 0.1) is 0 Å². The zero-order chi connectivity index (χ0) is 24.3. The van der Waals surface area contributed by atoms with E-state index in [0.29, 0.717) is 54.4 Å². The molecule has 0 saturated heterocycles. The number of ether oxygens (including phenoxy) is 4. The van der Waals surface area contributed by atoms with E-state index >= 15 is 0 Å². The number of ketones is 1. The van der Waals surface area contributed by atoms with Gasteiger partial charge in [-0.15, -0.1) is 0 Å². The third-order valence-electron chi connectivity index (χ3n) is 5.18. The van der Waals surface area contributed by atoms with Gasteiger partial charge in [0, 0.05) is 31.1 Å². The van der Waals surface area contributed by atoms with E-state index in [1.54, 1.807) is 55.6 Å². The van der Waals surface area contributed by atoms with Crippen LogP contribution in [0.5, 0.6) is 17.2 Å². The Kier molecular flexibility index (Phi) is 9.05. The van der Waals surface area contributed by atoms with Crippen LogP contribution in [-0.4, -0.2) is 50.4 Å². The topological polar surface area (TPSA) is 91.3 Å². The van der Waals surface area contributed by atoms with E-state index in [9.17, 15) is 9.59 Å². The van der Waals surface area contributed by atoms with Gasteiger partial charge in [0.05, 0.1) is 20.3 Å². The predicted molar refractivity (Wildman–Crippen MR) is 127 cm³/mol. The first kappa shape index (κ1) is 24.8. The molecule has 1 atom stereocenters. The lowest BCUT2D eigenvalue weighted by atomic mass is 10.0. The van der Waals surface area contributed by atoms with E-state index in [2.05, 4.69) is 0 Å². The normalized spacial score (nSPS) is 11.5. The molecule has 0 bridgehead atoms. The van der Waals surface area contributed by atoms with E-state index in [-0.39, 0.29) is 5.78 Å². The summed E-state index contributed by atoms with van der Waals surface area (Å²) in [6, 6.07) is 21.4. The summed E-state index contributed by atoms with van der Waals surface area (Å²) in [7, 11) is 2.95. The Labute approximate surface area is 198 Å². The standard InChI is InChI=1S/C27H28O7/c1-31-24-6-3-5-21(18-24)26(28)20-9-13-23(14-10-20)34-16-4-15-33-22-11-7-19(8-12-22)17-25(32-2)27(29)30/h3,5-14,18,25H,4,15-17H2,1-2H3,(H,29,30)/t25-/m0/s1. The summed E-state index contributed by atoms with van der Waals surface area (Å²) in [4.78, 5) is 23.7. The first-order chi connectivity index (χ1) is 16.5. The molecular formula is C27H28O7. The van der Waals surface area contributed by atoms with Crippen LogP contribution in [0.15, 0.2) is 72.8 Å². The van der Waals surface area contributed by atoms with Gasteiger partial charge < -0.3 is 24.1 Å². The molecule has 0 aliphatic heterocycles. The largest absolute Gasteiger partial charge is 0.497 e.